The number of aliphatic hydroxyl groups excluding tert-OH is 6. The first kappa shape index (κ1) is 30.8. The lowest BCUT2D eigenvalue weighted by Crippen LogP contribution is -2.77. The average molecular weight is 584 g/mol. The molecule has 2 aliphatic rings. The Hall–Kier alpha value is -3.20. The van der Waals surface area contributed by atoms with E-state index < -0.39 is 99.9 Å². The Morgan fingerprint density at radius 3 is 1.95 bits per heavy atom. The highest BCUT2D eigenvalue weighted by atomic mass is 16.8. The zero-order valence-corrected chi connectivity index (χ0v) is 21.0. The second-order valence-electron chi connectivity index (χ2n) is 9.60. The number of nitro benzene ring substituents is 1. The van der Waals surface area contributed by atoms with Crippen LogP contribution in [0.25, 0.3) is 0 Å². The molecule has 8 N–H and O–H groups in total. The summed E-state index contributed by atoms with van der Waals surface area (Å²) in [5.41, 5.74) is -5.16. The molecule has 0 bridgehead atoms. The van der Waals surface area contributed by atoms with Crippen LogP contribution < -0.4 is 0 Å². The van der Waals surface area contributed by atoms with E-state index in [1.165, 1.54) is 18.2 Å². The Balaban J connectivity index is 1.92. The van der Waals surface area contributed by atoms with Crippen molar-refractivity contribution in [3.05, 3.63) is 86.0 Å². The summed E-state index contributed by atoms with van der Waals surface area (Å²) < 4.78 is 16.7. The number of hydrogen-bond donors (Lipinski definition) is 8. The van der Waals surface area contributed by atoms with Crippen LogP contribution in [0.3, 0.4) is 0 Å². The van der Waals surface area contributed by atoms with E-state index in [1.54, 1.807) is 0 Å². The minimum Gasteiger partial charge on any atom is -0.394 e. The molecule has 2 saturated heterocycles. The highest BCUT2D eigenvalue weighted by molar-refractivity contribution is 5.37. The van der Waals surface area contributed by atoms with Gasteiger partial charge in [-0.25, -0.2) is 0 Å². The summed E-state index contributed by atoms with van der Waals surface area (Å²) in [6.07, 6.45) is -15.4. The summed E-state index contributed by atoms with van der Waals surface area (Å²) in [5, 5.41) is 110. The molecular formula is C24H28N2O15. The highest BCUT2D eigenvalue weighted by Gasteiger charge is 2.76. The third-order valence-electron chi connectivity index (χ3n) is 7.24. The molecule has 2 aliphatic heterocycles. The Bertz CT molecular complexity index is 1270. The van der Waals surface area contributed by atoms with E-state index in [0.29, 0.717) is 0 Å². The molecule has 10 atom stereocenters. The zero-order valence-electron chi connectivity index (χ0n) is 21.0. The van der Waals surface area contributed by atoms with Crippen molar-refractivity contribution in [1.82, 2.24) is 0 Å². The molecule has 0 unspecified atom stereocenters. The monoisotopic (exact) mass is 584 g/mol. The van der Waals surface area contributed by atoms with Crippen molar-refractivity contribution in [1.29, 1.82) is 0 Å². The Kier molecular flexibility index (Phi) is 8.42. The van der Waals surface area contributed by atoms with Crippen LogP contribution in [0, 0.1) is 20.2 Å². The predicted octanol–water partition coefficient (Wildman–Crippen LogP) is -2.83. The van der Waals surface area contributed by atoms with Gasteiger partial charge >= 0.3 is 5.72 Å². The van der Waals surface area contributed by atoms with Crippen LogP contribution in [0.5, 0.6) is 0 Å². The van der Waals surface area contributed by atoms with Gasteiger partial charge in [-0.15, -0.1) is 0 Å². The Labute approximate surface area is 230 Å². The van der Waals surface area contributed by atoms with Crippen molar-refractivity contribution >= 4 is 5.69 Å². The zero-order chi connectivity index (χ0) is 30.3. The lowest BCUT2D eigenvalue weighted by molar-refractivity contribution is -0.703. The van der Waals surface area contributed by atoms with Gasteiger partial charge in [0.25, 0.3) is 11.5 Å². The molecule has 4 rings (SSSR count). The molecule has 0 spiro atoms. The molecule has 41 heavy (non-hydrogen) atoms. The maximum absolute atomic E-state index is 12.4. The molecule has 2 heterocycles. The molecule has 17 nitrogen and oxygen atoms in total. The number of rotatable bonds is 8. The maximum Gasteiger partial charge on any atom is 0.409 e. The SMILES string of the molecule is O=[N+]([O-])c1cccc([C@]2(O)O[C@H](CO)[C@H](O)[C@H](O[C@]3(c4ccccc4)O[C@H](CO)[C@H](O)[C@H](O)[C@]3(O)[N+](=O)[O-])[C@H]2O)c1. The van der Waals surface area contributed by atoms with Crippen molar-refractivity contribution in [2.75, 3.05) is 13.2 Å². The third-order valence-corrected chi connectivity index (χ3v) is 7.24. The minimum atomic E-state index is -3.78. The smallest absolute Gasteiger partial charge is 0.394 e. The molecule has 2 fully saturated rings. The number of non-ortho nitro benzene ring substituents is 1. The fraction of sp³-hybridized carbons (Fsp3) is 0.500. The summed E-state index contributed by atoms with van der Waals surface area (Å²) in [6.45, 7) is -2.09. The third kappa shape index (κ3) is 4.76. The molecule has 0 saturated carbocycles. The number of ether oxygens (including phenoxy) is 3. The molecule has 17 heteroatoms. The predicted molar refractivity (Wildman–Crippen MR) is 130 cm³/mol. The van der Waals surface area contributed by atoms with Gasteiger partial charge in [-0.05, 0) is 0 Å². The first-order valence-corrected chi connectivity index (χ1v) is 12.2. The second kappa shape index (κ2) is 11.2. The summed E-state index contributed by atoms with van der Waals surface area (Å²) in [6, 6.07) is 10.5. The van der Waals surface area contributed by atoms with Crippen molar-refractivity contribution in [3.63, 3.8) is 0 Å². The molecule has 0 amide bonds. The minimum absolute atomic E-state index is 0.395. The summed E-state index contributed by atoms with van der Waals surface area (Å²) in [5.74, 6) is -6.17. The van der Waals surface area contributed by atoms with Gasteiger partial charge in [-0.1, -0.05) is 42.5 Å². The van der Waals surface area contributed by atoms with Gasteiger partial charge in [-0.3, -0.25) is 20.2 Å². The van der Waals surface area contributed by atoms with Gasteiger partial charge in [0.1, 0.15) is 36.6 Å². The van der Waals surface area contributed by atoms with Crippen molar-refractivity contribution in [2.45, 2.75) is 60.0 Å². The first-order chi connectivity index (χ1) is 19.3. The fourth-order valence-corrected chi connectivity index (χ4v) is 5.04. The Morgan fingerprint density at radius 2 is 1.39 bits per heavy atom. The van der Waals surface area contributed by atoms with Crippen molar-refractivity contribution in [2.24, 2.45) is 0 Å². The molecule has 2 aromatic carbocycles. The topological polar surface area (TPSA) is 276 Å². The molecular weight excluding hydrogens is 556 g/mol. The van der Waals surface area contributed by atoms with Crippen LogP contribution in [-0.2, 0) is 25.8 Å². The van der Waals surface area contributed by atoms with Crippen LogP contribution >= 0.6 is 0 Å². The standard InChI is InChI=1S/C24H28N2O15/c27-10-15-17(29)19(21(32)22(33,39-15)13-7-4-8-14(9-13)25(35)36)41-24(12-5-2-1-3-6-12)23(34,26(37)38)20(31)18(30)16(11-28)40-24/h1-9,15-21,27-34H,10-11H2/t15-,16-,17+,18+,19+,20+,21-,22+,23-,24+/m1/s1. The summed E-state index contributed by atoms with van der Waals surface area (Å²) in [4.78, 5) is 21.4. The van der Waals surface area contributed by atoms with Crippen LogP contribution in [0.15, 0.2) is 54.6 Å². The van der Waals surface area contributed by atoms with Crippen molar-refractivity contribution < 1.29 is 64.9 Å². The van der Waals surface area contributed by atoms with Gasteiger partial charge in [0.2, 0.25) is 5.79 Å². The molecule has 0 radical (unpaired) electrons. The average Bonchev–Trinajstić information content (AvgIpc) is 2.97. The van der Waals surface area contributed by atoms with E-state index in [-0.39, 0.29) is 0 Å². The largest absolute Gasteiger partial charge is 0.409 e. The van der Waals surface area contributed by atoms with E-state index in [0.717, 1.165) is 36.4 Å². The highest BCUT2D eigenvalue weighted by Crippen LogP contribution is 2.50. The quantitative estimate of drug-likeness (QED) is 0.0882. The number of hydrogen-bond acceptors (Lipinski definition) is 15. The van der Waals surface area contributed by atoms with E-state index in [4.69, 9.17) is 14.2 Å². The van der Waals surface area contributed by atoms with Crippen molar-refractivity contribution in [3.8, 4) is 0 Å². The maximum atomic E-state index is 12.4. The van der Waals surface area contributed by atoms with E-state index in [1.807, 2.05) is 0 Å². The van der Waals surface area contributed by atoms with Gasteiger partial charge < -0.3 is 55.1 Å². The second-order valence-corrected chi connectivity index (χ2v) is 9.60. The summed E-state index contributed by atoms with van der Waals surface area (Å²) >= 11 is 0. The number of nitrogens with zero attached hydrogens (tertiary/aromatic N) is 2. The van der Waals surface area contributed by atoms with Gasteiger partial charge in [0.05, 0.1) is 23.1 Å². The lowest BCUT2D eigenvalue weighted by Gasteiger charge is -2.53. The van der Waals surface area contributed by atoms with Crippen LogP contribution in [0.2, 0.25) is 0 Å². The van der Waals surface area contributed by atoms with E-state index >= 15 is 0 Å². The molecule has 224 valence electrons. The molecule has 0 aromatic heterocycles. The lowest BCUT2D eigenvalue weighted by atomic mass is 9.81. The van der Waals surface area contributed by atoms with Crippen LogP contribution in [0.1, 0.15) is 11.1 Å². The van der Waals surface area contributed by atoms with Gasteiger partial charge in [0.15, 0.2) is 6.10 Å². The Morgan fingerprint density at radius 1 is 0.805 bits per heavy atom. The molecule has 0 aliphatic carbocycles. The normalized spacial score (nSPS) is 39.3. The van der Waals surface area contributed by atoms with Gasteiger partial charge in [-0.2, -0.15) is 0 Å². The number of nitro groups is 2. The van der Waals surface area contributed by atoms with E-state index in [9.17, 15) is 61.1 Å². The number of aliphatic hydroxyl groups is 8. The van der Waals surface area contributed by atoms with Crippen LogP contribution in [-0.4, -0.2) is 112 Å². The van der Waals surface area contributed by atoms with Gasteiger partial charge in [0, 0.05) is 23.3 Å². The number of benzene rings is 2. The molecule has 2 aromatic rings. The van der Waals surface area contributed by atoms with E-state index in [2.05, 4.69) is 0 Å². The fourth-order valence-electron chi connectivity index (χ4n) is 5.04. The summed E-state index contributed by atoms with van der Waals surface area (Å²) in [7, 11) is 0. The first-order valence-electron chi connectivity index (χ1n) is 12.2. The van der Waals surface area contributed by atoms with Crippen LogP contribution in [0.4, 0.5) is 5.69 Å².